The third-order valence-corrected chi connectivity index (χ3v) is 8.99. The van der Waals surface area contributed by atoms with Crippen LogP contribution in [0.2, 0.25) is 5.02 Å². The molecule has 200 valence electrons. The second-order valence-corrected chi connectivity index (χ2v) is 11.3. The lowest BCUT2D eigenvalue weighted by Gasteiger charge is -2.58. The predicted octanol–water partition coefficient (Wildman–Crippen LogP) is 6.24. The van der Waals surface area contributed by atoms with Crippen LogP contribution in [0.3, 0.4) is 0 Å². The van der Waals surface area contributed by atoms with Gasteiger partial charge in [-0.25, -0.2) is 0 Å². The van der Waals surface area contributed by atoms with E-state index in [1.807, 2.05) is 42.0 Å². The molecular formula is C30H32ClN7O. The summed E-state index contributed by atoms with van der Waals surface area (Å²) in [6.45, 7) is 9.38. The van der Waals surface area contributed by atoms with Crippen molar-refractivity contribution in [2.75, 3.05) is 13.1 Å². The molecular weight excluding hydrogens is 510 g/mol. The Bertz CT molecular complexity index is 1780. The molecule has 4 heterocycles. The minimum Gasteiger partial charge on any atom is -0.338 e. The van der Waals surface area contributed by atoms with E-state index in [-0.39, 0.29) is 24.8 Å². The van der Waals surface area contributed by atoms with Gasteiger partial charge in [-0.2, -0.15) is 15.3 Å². The molecule has 0 bridgehead atoms. The molecule has 0 atom stereocenters. The summed E-state index contributed by atoms with van der Waals surface area (Å²) in [6, 6.07) is 8.68. The molecule has 2 aliphatic rings. The quantitative estimate of drug-likeness (QED) is 0.273. The third kappa shape index (κ3) is 3.65. The van der Waals surface area contributed by atoms with Crippen LogP contribution in [-0.2, 0) is 11.8 Å². The third-order valence-electron chi connectivity index (χ3n) is 8.51. The average Bonchev–Trinajstić information content (AvgIpc) is 3.56. The molecule has 1 amide bonds. The van der Waals surface area contributed by atoms with Crippen molar-refractivity contribution in [1.82, 2.24) is 34.7 Å². The monoisotopic (exact) mass is 541 g/mol. The van der Waals surface area contributed by atoms with Gasteiger partial charge in [-0.3, -0.25) is 19.3 Å². The molecule has 8 nitrogen and oxygen atoms in total. The molecule has 1 saturated heterocycles. The summed E-state index contributed by atoms with van der Waals surface area (Å²) in [5.74, 6) is 0.0166. The fraction of sp³-hybridized carbons (Fsp3) is 0.333. The van der Waals surface area contributed by atoms with Gasteiger partial charge in [-0.05, 0) is 56.5 Å². The number of fused-ring (bicyclic) bond motifs is 2. The number of carbonyl (C=O) groups is 1. The van der Waals surface area contributed by atoms with Gasteiger partial charge < -0.3 is 4.90 Å². The van der Waals surface area contributed by atoms with Crippen LogP contribution >= 0.6 is 11.6 Å². The molecule has 9 heteroatoms. The lowest BCUT2D eigenvalue weighted by molar-refractivity contribution is -0.149. The number of benzene rings is 2. The van der Waals surface area contributed by atoms with E-state index in [1.165, 1.54) is 6.08 Å². The Morgan fingerprint density at radius 3 is 2.69 bits per heavy atom. The molecule has 1 aliphatic heterocycles. The summed E-state index contributed by atoms with van der Waals surface area (Å²) < 4.78 is 4.06. The predicted molar refractivity (Wildman–Crippen MR) is 156 cm³/mol. The van der Waals surface area contributed by atoms with E-state index in [4.69, 9.17) is 16.7 Å². The van der Waals surface area contributed by atoms with Crippen LogP contribution in [0.5, 0.6) is 0 Å². The number of nitrogens with one attached hydrogen (secondary N) is 1. The standard InChI is InChI=1S/C29H28ClN7O.CH4/c1-5-24(38)36-14-29(15-36)10-20(11-29)37-17(3)25(26-21-13-31-33-22(21)8-16(2)27(26)30)28(34-37)18-6-7-23-19(9-18)12-32-35(23)4;/h5-9,12-13,20H,1,10-11,14-15H2,2-4H3,(H,31,33);1H4. The highest BCUT2D eigenvalue weighted by molar-refractivity contribution is 6.36. The van der Waals surface area contributed by atoms with Crippen molar-refractivity contribution in [1.29, 1.82) is 0 Å². The number of nitrogens with zero attached hydrogens (tertiary/aromatic N) is 6. The molecule has 39 heavy (non-hydrogen) atoms. The van der Waals surface area contributed by atoms with Crippen molar-refractivity contribution in [3.63, 3.8) is 0 Å². The maximum Gasteiger partial charge on any atom is 0.245 e. The molecule has 5 aromatic rings. The zero-order valence-corrected chi connectivity index (χ0v) is 22.4. The molecule has 2 fully saturated rings. The lowest BCUT2D eigenvalue weighted by Crippen LogP contribution is -2.63. The largest absolute Gasteiger partial charge is 0.338 e. The molecule has 1 saturated carbocycles. The normalized spacial score (nSPS) is 16.4. The average molecular weight is 542 g/mol. The number of likely N-dealkylation sites (tertiary alicyclic amines) is 1. The first kappa shape index (κ1) is 25.4. The van der Waals surface area contributed by atoms with Crippen LogP contribution < -0.4 is 0 Å². The maximum atomic E-state index is 12.0. The van der Waals surface area contributed by atoms with E-state index in [2.05, 4.69) is 51.7 Å². The highest BCUT2D eigenvalue weighted by Gasteiger charge is 2.54. The summed E-state index contributed by atoms with van der Waals surface area (Å²) in [4.78, 5) is 13.9. The first-order chi connectivity index (χ1) is 18.3. The van der Waals surface area contributed by atoms with Crippen molar-refractivity contribution in [3.05, 3.63) is 65.6 Å². The van der Waals surface area contributed by atoms with E-state index >= 15 is 0 Å². The van der Waals surface area contributed by atoms with Gasteiger partial charge in [0.15, 0.2) is 0 Å². The maximum absolute atomic E-state index is 12.0. The highest BCUT2D eigenvalue weighted by atomic mass is 35.5. The molecule has 1 N–H and O–H groups in total. The van der Waals surface area contributed by atoms with E-state index < -0.39 is 0 Å². The molecule has 7 rings (SSSR count). The molecule has 3 aromatic heterocycles. The summed E-state index contributed by atoms with van der Waals surface area (Å²) in [5, 5.41) is 19.9. The molecule has 2 aromatic carbocycles. The van der Waals surface area contributed by atoms with Crippen LogP contribution in [0.25, 0.3) is 44.2 Å². The highest BCUT2D eigenvalue weighted by Crippen LogP contribution is 2.55. The Kier molecular flexibility index (Phi) is 5.73. The van der Waals surface area contributed by atoms with Crippen molar-refractivity contribution in [2.24, 2.45) is 12.5 Å². The topological polar surface area (TPSA) is 84.6 Å². The van der Waals surface area contributed by atoms with Gasteiger partial charge in [-0.1, -0.05) is 31.7 Å². The van der Waals surface area contributed by atoms with Crippen LogP contribution in [0, 0.1) is 19.3 Å². The number of aromatic nitrogens is 6. The van der Waals surface area contributed by atoms with Crippen molar-refractivity contribution in [3.8, 4) is 22.4 Å². The Labute approximate surface area is 232 Å². The zero-order valence-electron chi connectivity index (χ0n) is 21.6. The van der Waals surface area contributed by atoms with Crippen LogP contribution in [-0.4, -0.2) is 53.7 Å². The fourth-order valence-electron chi connectivity index (χ4n) is 6.55. The van der Waals surface area contributed by atoms with Gasteiger partial charge in [0.25, 0.3) is 0 Å². The van der Waals surface area contributed by atoms with Gasteiger partial charge in [0, 0.05) is 58.7 Å². The van der Waals surface area contributed by atoms with E-state index in [9.17, 15) is 4.79 Å². The number of halogens is 1. The second-order valence-electron chi connectivity index (χ2n) is 11.0. The van der Waals surface area contributed by atoms with Gasteiger partial charge in [0.2, 0.25) is 5.91 Å². The second kappa shape index (κ2) is 8.81. The molecule has 0 radical (unpaired) electrons. The van der Waals surface area contributed by atoms with E-state index in [0.717, 1.165) is 81.4 Å². The Morgan fingerprint density at radius 2 is 1.95 bits per heavy atom. The van der Waals surface area contributed by atoms with E-state index in [0.29, 0.717) is 5.02 Å². The number of H-pyrrole nitrogens is 1. The van der Waals surface area contributed by atoms with Crippen molar-refractivity contribution < 1.29 is 4.79 Å². The van der Waals surface area contributed by atoms with Gasteiger partial charge in [0.1, 0.15) is 5.69 Å². The summed E-state index contributed by atoms with van der Waals surface area (Å²) in [7, 11) is 1.95. The number of amides is 1. The zero-order chi connectivity index (χ0) is 26.3. The Balaban J connectivity index is 0.00000277. The number of hydrogen-bond acceptors (Lipinski definition) is 4. The number of carbonyl (C=O) groups excluding carboxylic acids is 1. The SMILES string of the molecule is C.C=CC(=O)N1CC2(CC(n3nc(-c4ccc5c(cnn5C)c4)c(-c4c(Cl)c(C)cc5[nH]ncc45)c3C)C2)C1. The Hall–Kier alpha value is -3.91. The van der Waals surface area contributed by atoms with E-state index in [1.54, 1.807) is 0 Å². The minimum absolute atomic E-state index is 0. The summed E-state index contributed by atoms with van der Waals surface area (Å²) >= 11 is 7.03. The van der Waals surface area contributed by atoms with Crippen molar-refractivity contribution in [2.45, 2.75) is 40.2 Å². The van der Waals surface area contributed by atoms with Gasteiger partial charge >= 0.3 is 0 Å². The smallest absolute Gasteiger partial charge is 0.245 e. The Morgan fingerprint density at radius 1 is 1.18 bits per heavy atom. The number of aromatic amines is 1. The van der Waals surface area contributed by atoms with Gasteiger partial charge in [0.05, 0.1) is 34.5 Å². The summed E-state index contributed by atoms with van der Waals surface area (Å²) in [5.41, 5.74) is 8.21. The molecule has 0 unspecified atom stereocenters. The first-order valence-electron chi connectivity index (χ1n) is 12.8. The van der Waals surface area contributed by atoms with Crippen molar-refractivity contribution >= 4 is 39.3 Å². The first-order valence-corrected chi connectivity index (χ1v) is 13.2. The molecule has 1 aliphatic carbocycles. The van der Waals surface area contributed by atoms with Crippen LogP contribution in [0.1, 0.15) is 37.6 Å². The minimum atomic E-state index is 0. The number of aryl methyl sites for hydroxylation is 2. The molecule has 1 spiro atoms. The van der Waals surface area contributed by atoms with Gasteiger partial charge in [-0.15, -0.1) is 0 Å². The fourth-order valence-corrected chi connectivity index (χ4v) is 6.80. The summed E-state index contributed by atoms with van der Waals surface area (Å²) in [6.07, 6.45) is 7.14. The number of hydrogen-bond donors (Lipinski definition) is 1. The van der Waals surface area contributed by atoms with Crippen LogP contribution in [0.4, 0.5) is 0 Å². The lowest BCUT2D eigenvalue weighted by atomic mass is 9.60. The number of rotatable bonds is 4. The van der Waals surface area contributed by atoms with Crippen LogP contribution in [0.15, 0.2) is 49.3 Å².